The highest BCUT2D eigenvalue weighted by Crippen LogP contribution is 2.32. The molecule has 0 saturated carbocycles. The highest BCUT2D eigenvalue weighted by Gasteiger charge is 2.19. The quantitative estimate of drug-likeness (QED) is 0.684. The molecule has 104 valence electrons. The molecule has 0 bridgehead atoms. The highest BCUT2D eigenvalue weighted by molar-refractivity contribution is 5.66. The van der Waals surface area contributed by atoms with E-state index in [1.165, 1.54) is 7.11 Å². The molecule has 0 saturated heterocycles. The Labute approximate surface area is 111 Å². The minimum absolute atomic E-state index is 0.00870. The lowest BCUT2D eigenvalue weighted by Gasteiger charge is -2.10. The van der Waals surface area contributed by atoms with Crippen LogP contribution in [0.25, 0.3) is 0 Å². The number of hydrogen-bond acceptors (Lipinski definition) is 6. The Morgan fingerprint density at radius 1 is 1.30 bits per heavy atom. The van der Waals surface area contributed by atoms with E-state index < -0.39 is 22.2 Å². The van der Waals surface area contributed by atoms with Gasteiger partial charge in [-0.1, -0.05) is 0 Å². The maximum Gasteiger partial charge on any atom is 0.307 e. The standard InChI is InChI=1S/C11H8F2N4O3/c1-20-10-2-7(13)9(17(18)19)3-8(10)16-11-14-4-6(12)5-15-11/h2-5H,1H3,(H,14,15,16). The molecule has 0 unspecified atom stereocenters. The molecule has 7 nitrogen and oxygen atoms in total. The predicted molar refractivity (Wildman–Crippen MR) is 64.9 cm³/mol. The Hall–Kier alpha value is -2.84. The van der Waals surface area contributed by atoms with Gasteiger partial charge < -0.3 is 10.1 Å². The zero-order valence-corrected chi connectivity index (χ0v) is 10.1. The van der Waals surface area contributed by atoms with Crippen LogP contribution in [0.3, 0.4) is 0 Å². The van der Waals surface area contributed by atoms with Crippen molar-refractivity contribution in [1.82, 2.24) is 9.97 Å². The van der Waals surface area contributed by atoms with E-state index in [-0.39, 0.29) is 17.4 Å². The number of anilines is 2. The number of benzene rings is 1. The van der Waals surface area contributed by atoms with Crippen molar-refractivity contribution in [3.63, 3.8) is 0 Å². The molecule has 1 aromatic carbocycles. The molecule has 2 aromatic rings. The van der Waals surface area contributed by atoms with Crippen LogP contribution < -0.4 is 10.1 Å². The monoisotopic (exact) mass is 282 g/mol. The van der Waals surface area contributed by atoms with Gasteiger partial charge in [0.1, 0.15) is 5.75 Å². The Morgan fingerprint density at radius 3 is 2.50 bits per heavy atom. The van der Waals surface area contributed by atoms with Gasteiger partial charge in [0, 0.05) is 12.1 Å². The number of aromatic nitrogens is 2. The Kier molecular flexibility index (Phi) is 3.69. The van der Waals surface area contributed by atoms with Crippen LogP contribution in [0.1, 0.15) is 0 Å². The maximum atomic E-state index is 13.4. The molecule has 0 aliphatic heterocycles. The predicted octanol–water partition coefficient (Wildman–Crippen LogP) is 2.42. The number of nitro benzene ring substituents is 1. The lowest BCUT2D eigenvalue weighted by molar-refractivity contribution is -0.387. The van der Waals surface area contributed by atoms with Gasteiger partial charge in [0.05, 0.1) is 30.1 Å². The third-order valence-corrected chi connectivity index (χ3v) is 2.33. The summed E-state index contributed by atoms with van der Waals surface area (Å²) in [6, 6.07) is 1.81. The first-order valence-electron chi connectivity index (χ1n) is 5.27. The summed E-state index contributed by atoms with van der Waals surface area (Å²) in [6.07, 6.45) is 1.83. The molecule has 1 aromatic heterocycles. The zero-order chi connectivity index (χ0) is 14.7. The van der Waals surface area contributed by atoms with E-state index >= 15 is 0 Å². The molecule has 0 atom stereocenters. The molecule has 1 heterocycles. The molecule has 0 spiro atoms. The van der Waals surface area contributed by atoms with Crippen LogP contribution in [0.5, 0.6) is 5.75 Å². The fraction of sp³-hybridized carbons (Fsp3) is 0.0909. The van der Waals surface area contributed by atoms with Crippen molar-refractivity contribution in [2.24, 2.45) is 0 Å². The summed E-state index contributed by atoms with van der Waals surface area (Å²) < 4.78 is 31.0. The third-order valence-electron chi connectivity index (χ3n) is 2.33. The van der Waals surface area contributed by atoms with Crippen LogP contribution in [0.4, 0.5) is 26.1 Å². The summed E-state index contributed by atoms with van der Waals surface area (Å²) in [5.41, 5.74) is -0.636. The van der Waals surface area contributed by atoms with Crippen LogP contribution in [-0.4, -0.2) is 22.0 Å². The second-order valence-electron chi connectivity index (χ2n) is 3.61. The van der Waals surface area contributed by atoms with Crippen LogP contribution in [0.15, 0.2) is 24.5 Å². The number of rotatable bonds is 4. The molecular weight excluding hydrogens is 274 g/mol. The van der Waals surface area contributed by atoms with Gasteiger partial charge in [0.15, 0.2) is 5.82 Å². The van der Waals surface area contributed by atoms with Gasteiger partial charge >= 0.3 is 5.69 Å². The van der Waals surface area contributed by atoms with Crippen LogP contribution in [0.2, 0.25) is 0 Å². The van der Waals surface area contributed by atoms with Gasteiger partial charge in [-0.2, -0.15) is 4.39 Å². The van der Waals surface area contributed by atoms with E-state index in [2.05, 4.69) is 15.3 Å². The Bertz CT molecular complexity index is 649. The molecule has 20 heavy (non-hydrogen) atoms. The maximum absolute atomic E-state index is 13.4. The van der Waals surface area contributed by atoms with Crippen molar-refractivity contribution >= 4 is 17.3 Å². The number of nitrogens with one attached hydrogen (secondary N) is 1. The highest BCUT2D eigenvalue weighted by atomic mass is 19.1. The first-order valence-corrected chi connectivity index (χ1v) is 5.27. The van der Waals surface area contributed by atoms with Crippen LogP contribution in [-0.2, 0) is 0 Å². The summed E-state index contributed by atoms with van der Waals surface area (Å²) in [6.45, 7) is 0. The van der Waals surface area contributed by atoms with E-state index in [4.69, 9.17) is 4.74 Å². The zero-order valence-electron chi connectivity index (χ0n) is 10.1. The van der Waals surface area contributed by atoms with E-state index in [9.17, 15) is 18.9 Å². The molecule has 0 fully saturated rings. The normalized spacial score (nSPS) is 10.2. The topological polar surface area (TPSA) is 90.2 Å². The molecule has 0 radical (unpaired) electrons. The van der Waals surface area contributed by atoms with E-state index in [0.29, 0.717) is 0 Å². The second-order valence-corrected chi connectivity index (χ2v) is 3.61. The average molecular weight is 282 g/mol. The van der Waals surface area contributed by atoms with Crippen molar-refractivity contribution in [3.8, 4) is 5.75 Å². The summed E-state index contributed by atoms with van der Waals surface area (Å²) in [5.74, 6) is -1.64. The van der Waals surface area contributed by atoms with E-state index in [1.54, 1.807) is 0 Å². The fourth-order valence-corrected chi connectivity index (χ4v) is 1.45. The molecule has 0 amide bonds. The van der Waals surface area contributed by atoms with Crippen LogP contribution in [0, 0.1) is 21.7 Å². The molecule has 0 aliphatic carbocycles. The smallest absolute Gasteiger partial charge is 0.307 e. The number of methoxy groups -OCH3 is 1. The van der Waals surface area contributed by atoms with Gasteiger partial charge in [-0.3, -0.25) is 10.1 Å². The second kappa shape index (κ2) is 5.43. The average Bonchev–Trinajstić information content (AvgIpc) is 2.42. The van der Waals surface area contributed by atoms with Crippen molar-refractivity contribution in [2.75, 3.05) is 12.4 Å². The minimum atomic E-state index is -1.03. The van der Waals surface area contributed by atoms with Crippen molar-refractivity contribution in [1.29, 1.82) is 0 Å². The molecule has 2 rings (SSSR count). The Balaban J connectivity index is 2.41. The lowest BCUT2D eigenvalue weighted by atomic mass is 10.2. The first kappa shape index (κ1) is 13.6. The summed E-state index contributed by atoms with van der Waals surface area (Å²) >= 11 is 0. The summed E-state index contributed by atoms with van der Waals surface area (Å²) in [4.78, 5) is 17.1. The van der Waals surface area contributed by atoms with Crippen molar-refractivity contribution < 1.29 is 18.4 Å². The van der Waals surface area contributed by atoms with Crippen molar-refractivity contribution in [3.05, 3.63) is 46.3 Å². The van der Waals surface area contributed by atoms with Gasteiger partial charge in [0.25, 0.3) is 0 Å². The molecule has 9 heteroatoms. The Morgan fingerprint density at radius 2 is 1.95 bits per heavy atom. The van der Waals surface area contributed by atoms with Gasteiger partial charge in [0.2, 0.25) is 11.8 Å². The number of halogens is 2. The SMILES string of the molecule is COc1cc(F)c([N+](=O)[O-])cc1Nc1ncc(F)cn1. The number of nitro groups is 1. The van der Waals surface area contributed by atoms with Gasteiger partial charge in [-0.15, -0.1) is 0 Å². The molecule has 0 aliphatic rings. The number of hydrogen-bond donors (Lipinski definition) is 1. The summed E-state index contributed by atoms with van der Waals surface area (Å²) in [5, 5.41) is 13.3. The third kappa shape index (κ3) is 2.76. The minimum Gasteiger partial charge on any atom is -0.494 e. The fourth-order valence-electron chi connectivity index (χ4n) is 1.45. The summed E-state index contributed by atoms with van der Waals surface area (Å²) in [7, 11) is 1.28. The molecule has 1 N–H and O–H groups in total. The molecular formula is C11H8F2N4O3. The van der Waals surface area contributed by atoms with Crippen LogP contribution >= 0.6 is 0 Å². The number of nitrogens with zero attached hydrogens (tertiary/aromatic N) is 3. The number of ether oxygens (including phenoxy) is 1. The largest absolute Gasteiger partial charge is 0.494 e. The van der Waals surface area contributed by atoms with E-state index in [1.807, 2.05) is 0 Å². The van der Waals surface area contributed by atoms with E-state index in [0.717, 1.165) is 24.5 Å². The van der Waals surface area contributed by atoms with Crippen molar-refractivity contribution in [2.45, 2.75) is 0 Å². The van der Waals surface area contributed by atoms with Gasteiger partial charge in [-0.05, 0) is 0 Å². The first-order chi connectivity index (χ1) is 9.51. The lowest BCUT2D eigenvalue weighted by Crippen LogP contribution is -2.02. The van der Waals surface area contributed by atoms with Gasteiger partial charge in [-0.25, -0.2) is 14.4 Å².